The highest BCUT2D eigenvalue weighted by Crippen LogP contribution is 2.09. The van der Waals surface area contributed by atoms with Crippen LogP contribution in [0.1, 0.15) is 11.1 Å². The molecule has 1 aromatic heterocycles. The quantitative estimate of drug-likeness (QED) is 0.856. The minimum Gasteiger partial charge on any atom is -0.326 e. The zero-order valence-electron chi connectivity index (χ0n) is 9.14. The summed E-state index contributed by atoms with van der Waals surface area (Å²) in [5.41, 5.74) is 6.51. The molecular weight excluding hydrogens is 221 g/mol. The van der Waals surface area contributed by atoms with Gasteiger partial charge in [-0.3, -0.25) is 4.57 Å². The summed E-state index contributed by atoms with van der Waals surface area (Å²) in [6.45, 7) is 0.560. The van der Waals surface area contributed by atoms with Crippen LogP contribution < -0.4 is 11.4 Å². The number of benzene rings is 1. The number of nitrogens with zero attached hydrogens (tertiary/aromatic N) is 2. The number of hydrogen-bond donors (Lipinski definition) is 1. The zero-order valence-corrected chi connectivity index (χ0v) is 9.14. The van der Waals surface area contributed by atoms with E-state index in [4.69, 9.17) is 5.73 Å². The topological polar surface area (TPSA) is 60.9 Å². The van der Waals surface area contributed by atoms with Crippen molar-refractivity contribution < 1.29 is 4.39 Å². The van der Waals surface area contributed by atoms with Gasteiger partial charge < -0.3 is 5.73 Å². The van der Waals surface area contributed by atoms with Crippen LogP contribution in [0.15, 0.2) is 41.5 Å². The number of rotatable bonds is 3. The summed E-state index contributed by atoms with van der Waals surface area (Å²) in [5.74, 6) is -0.347. The standard InChI is InChI=1S/C12H12FN3O/c13-11-5-9(7-14)4-10(6-11)8-16-3-1-2-15-12(16)17/h1-6H,7-8,14H2. The van der Waals surface area contributed by atoms with Crippen LogP contribution in [0.5, 0.6) is 0 Å². The Hall–Kier alpha value is -2.01. The van der Waals surface area contributed by atoms with Gasteiger partial charge in [-0.1, -0.05) is 6.07 Å². The Kier molecular flexibility index (Phi) is 3.30. The van der Waals surface area contributed by atoms with E-state index in [0.717, 1.165) is 0 Å². The van der Waals surface area contributed by atoms with E-state index in [1.807, 2.05) is 0 Å². The van der Waals surface area contributed by atoms with Crippen molar-refractivity contribution >= 4 is 0 Å². The van der Waals surface area contributed by atoms with Gasteiger partial charge >= 0.3 is 5.69 Å². The smallest absolute Gasteiger partial charge is 0.326 e. The van der Waals surface area contributed by atoms with Gasteiger partial charge in [0, 0.05) is 18.9 Å². The Morgan fingerprint density at radius 1 is 1.29 bits per heavy atom. The lowest BCUT2D eigenvalue weighted by Gasteiger charge is -2.06. The van der Waals surface area contributed by atoms with Crippen LogP contribution in [0.3, 0.4) is 0 Å². The molecule has 1 heterocycles. The molecule has 0 fully saturated rings. The minimum absolute atomic E-state index is 0.271. The van der Waals surface area contributed by atoms with Crippen molar-refractivity contribution in [2.45, 2.75) is 13.1 Å². The van der Waals surface area contributed by atoms with Gasteiger partial charge in [0.2, 0.25) is 0 Å². The molecule has 88 valence electrons. The molecule has 1 aromatic carbocycles. The fraction of sp³-hybridized carbons (Fsp3) is 0.167. The Bertz CT molecular complexity index is 580. The highest BCUT2D eigenvalue weighted by atomic mass is 19.1. The molecule has 0 saturated carbocycles. The maximum Gasteiger partial charge on any atom is 0.347 e. The maximum atomic E-state index is 13.3. The van der Waals surface area contributed by atoms with Crippen LogP contribution >= 0.6 is 0 Å². The predicted molar refractivity (Wildman–Crippen MR) is 61.9 cm³/mol. The summed E-state index contributed by atoms with van der Waals surface area (Å²) < 4.78 is 14.7. The monoisotopic (exact) mass is 233 g/mol. The first kappa shape index (κ1) is 11.5. The molecule has 0 unspecified atom stereocenters. The van der Waals surface area contributed by atoms with Crippen molar-refractivity contribution in [2.75, 3.05) is 0 Å². The molecule has 4 nitrogen and oxygen atoms in total. The maximum absolute atomic E-state index is 13.3. The van der Waals surface area contributed by atoms with Crippen LogP contribution in [0, 0.1) is 5.82 Å². The van der Waals surface area contributed by atoms with Crippen LogP contribution in [0.25, 0.3) is 0 Å². The van der Waals surface area contributed by atoms with Crippen LogP contribution in [0.2, 0.25) is 0 Å². The predicted octanol–water partition coefficient (Wildman–Crippen LogP) is 0.889. The van der Waals surface area contributed by atoms with Crippen LogP contribution in [0.4, 0.5) is 4.39 Å². The van der Waals surface area contributed by atoms with E-state index >= 15 is 0 Å². The fourth-order valence-electron chi connectivity index (χ4n) is 1.63. The average molecular weight is 233 g/mol. The molecule has 0 aliphatic carbocycles. The highest BCUT2D eigenvalue weighted by Gasteiger charge is 2.02. The lowest BCUT2D eigenvalue weighted by molar-refractivity contribution is 0.619. The van der Waals surface area contributed by atoms with E-state index in [1.165, 1.54) is 22.9 Å². The zero-order chi connectivity index (χ0) is 12.3. The number of halogens is 1. The molecule has 0 radical (unpaired) electrons. The van der Waals surface area contributed by atoms with Gasteiger partial charge in [-0.05, 0) is 29.3 Å². The summed E-state index contributed by atoms with van der Waals surface area (Å²) in [7, 11) is 0. The first-order valence-corrected chi connectivity index (χ1v) is 5.19. The molecule has 17 heavy (non-hydrogen) atoms. The van der Waals surface area contributed by atoms with Crippen molar-refractivity contribution in [1.29, 1.82) is 0 Å². The highest BCUT2D eigenvalue weighted by molar-refractivity contribution is 5.24. The van der Waals surface area contributed by atoms with E-state index in [-0.39, 0.29) is 24.6 Å². The van der Waals surface area contributed by atoms with E-state index in [9.17, 15) is 9.18 Å². The minimum atomic E-state index is -0.356. The molecule has 0 aliphatic heterocycles. The number of nitrogens with two attached hydrogens (primary N) is 1. The van der Waals surface area contributed by atoms with Crippen molar-refractivity contribution in [3.63, 3.8) is 0 Å². The summed E-state index contributed by atoms with van der Waals surface area (Å²) >= 11 is 0. The van der Waals surface area contributed by atoms with Gasteiger partial charge in [0.05, 0.1) is 6.54 Å². The molecule has 0 atom stereocenters. The first-order valence-electron chi connectivity index (χ1n) is 5.19. The molecule has 2 aromatic rings. The third kappa shape index (κ3) is 2.76. The number of aromatic nitrogens is 2. The van der Waals surface area contributed by atoms with Gasteiger partial charge in [-0.15, -0.1) is 0 Å². The largest absolute Gasteiger partial charge is 0.347 e. The summed E-state index contributed by atoms with van der Waals surface area (Å²) in [4.78, 5) is 15.0. The van der Waals surface area contributed by atoms with Crippen LogP contribution in [-0.4, -0.2) is 9.55 Å². The molecule has 0 amide bonds. The van der Waals surface area contributed by atoms with E-state index in [1.54, 1.807) is 18.3 Å². The van der Waals surface area contributed by atoms with Crippen molar-refractivity contribution in [3.05, 3.63) is 64.1 Å². The molecule has 0 aliphatic rings. The molecule has 5 heteroatoms. The Morgan fingerprint density at radius 2 is 2.06 bits per heavy atom. The second-order valence-corrected chi connectivity index (χ2v) is 3.70. The van der Waals surface area contributed by atoms with E-state index < -0.39 is 0 Å². The van der Waals surface area contributed by atoms with Crippen molar-refractivity contribution in [3.8, 4) is 0 Å². The molecule has 0 spiro atoms. The Balaban J connectivity index is 2.33. The number of hydrogen-bond acceptors (Lipinski definition) is 3. The lowest BCUT2D eigenvalue weighted by Crippen LogP contribution is -2.22. The normalized spacial score (nSPS) is 10.5. The van der Waals surface area contributed by atoms with Crippen molar-refractivity contribution in [2.24, 2.45) is 5.73 Å². The first-order chi connectivity index (χ1) is 8.19. The second-order valence-electron chi connectivity index (χ2n) is 3.70. The Labute approximate surface area is 97.5 Å². The van der Waals surface area contributed by atoms with Gasteiger partial charge in [-0.2, -0.15) is 0 Å². The molecule has 2 N–H and O–H groups in total. The SMILES string of the molecule is NCc1cc(F)cc(Cn2cccnc2=O)c1. The molecule has 0 bridgehead atoms. The average Bonchev–Trinajstić information content (AvgIpc) is 2.31. The van der Waals surface area contributed by atoms with Crippen molar-refractivity contribution in [1.82, 2.24) is 9.55 Å². The second kappa shape index (κ2) is 4.88. The molecular formula is C12H12FN3O. The lowest BCUT2D eigenvalue weighted by atomic mass is 10.1. The molecule has 0 saturated heterocycles. The Morgan fingerprint density at radius 3 is 2.76 bits per heavy atom. The van der Waals surface area contributed by atoms with Gasteiger partial charge in [0.1, 0.15) is 5.82 Å². The van der Waals surface area contributed by atoms with E-state index in [0.29, 0.717) is 11.1 Å². The summed E-state index contributed by atoms with van der Waals surface area (Å²) in [6.07, 6.45) is 3.04. The third-order valence-electron chi connectivity index (χ3n) is 2.39. The van der Waals surface area contributed by atoms with Gasteiger partial charge in [0.15, 0.2) is 0 Å². The third-order valence-corrected chi connectivity index (χ3v) is 2.39. The van der Waals surface area contributed by atoms with Gasteiger partial charge in [0.25, 0.3) is 0 Å². The summed E-state index contributed by atoms with van der Waals surface area (Å²) in [6, 6.07) is 6.21. The van der Waals surface area contributed by atoms with Crippen LogP contribution in [-0.2, 0) is 13.1 Å². The summed E-state index contributed by atoms with van der Waals surface area (Å²) in [5, 5.41) is 0. The van der Waals surface area contributed by atoms with E-state index in [2.05, 4.69) is 4.98 Å². The molecule has 2 rings (SSSR count). The fourth-order valence-corrected chi connectivity index (χ4v) is 1.63. The van der Waals surface area contributed by atoms with Gasteiger partial charge in [-0.25, -0.2) is 14.2 Å².